The van der Waals surface area contributed by atoms with E-state index in [1.807, 2.05) is 19.9 Å². The smallest absolute Gasteiger partial charge is 0.335 e. The molecule has 0 bridgehead atoms. The molecule has 0 radical (unpaired) electrons. The van der Waals surface area contributed by atoms with E-state index >= 15 is 0 Å². The summed E-state index contributed by atoms with van der Waals surface area (Å²) in [4.78, 5) is 10.9. The van der Waals surface area contributed by atoms with Crippen molar-refractivity contribution in [3.05, 3.63) is 29.8 Å². The van der Waals surface area contributed by atoms with E-state index in [9.17, 15) is 4.79 Å². The number of carbonyl (C=O) groups is 1. The number of nitrogens with one attached hydrogen (secondary N) is 1. The van der Waals surface area contributed by atoms with Crippen molar-refractivity contribution < 1.29 is 19.4 Å². The molecule has 0 saturated carbocycles. The molecule has 2 rings (SSSR count). The third-order valence-electron chi connectivity index (χ3n) is 2.74. The standard InChI is InChI=1S/C13H17NO4/c1-13(2)17-7-11(8-18-13)14-10-5-3-4-9(6-10)12(15)16/h3-6,11,14H,7-8H2,1-2H3,(H,15,16). The summed E-state index contributed by atoms with van der Waals surface area (Å²) in [5, 5.41) is 12.1. The molecule has 1 fully saturated rings. The molecule has 1 aromatic carbocycles. The molecule has 1 aromatic rings. The highest BCUT2D eigenvalue weighted by Gasteiger charge is 2.28. The van der Waals surface area contributed by atoms with E-state index in [1.54, 1.807) is 18.2 Å². The minimum atomic E-state index is -0.934. The molecule has 0 aliphatic carbocycles. The first-order chi connectivity index (χ1) is 8.46. The Morgan fingerprint density at radius 3 is 2.67 bits per heavy atom. The summed E-state index contributed by atoms with van der Waals surface area (Å²) in [5.74, 6) is -1.47. The van der Waals surface area contributed by atoms with E-state index in [0.29, 0.717) is 13.2 Å². The van der Waals surface area contributed by atoms with Crippen LogP contribution in [0.15, 0.2) is 24.3 Å². The summed E-state index contributed by atoms with van der Waals surface area (Å²) in [5.41, 5.74) is 1.02. The van der Waals surface area contributed by atoms with E-state index in [1.165, 1.54) is 0 Å². The first-order valence-corrected chi connectivity index (χ1v) is 5.84. The molecule has 2 N–H and O–H groups in total. The van der Waals surface area contributed by atoms with E-state index < -0.39 is 11.8 Å². The first-order valence-electron chi connectivity index (χ1n) is 5.84. The summed E-state index contributed by atoms with van der Waals surface area (Å²) >= 11 is 0. The highest BCUT2D eigenvalue weighted by molar-refractivity contribution is 5.88. The number of anilines is 1. The third-order valence-corrected chi connectivity index (χ3v) is 2.74. The van der Waals surface area contributed by atoms with Crippen LogP contribution < -0.4 is 5.32 Å². The lowest BCUT2D eigenvalue weighted by molar-refractivity contribution is -0.247. The van der Waals surface area contributed by atoms with Crippen LogP contribution >= 0.6 is 0 Å². The van der Waals surface area contributed by atoms with Gasteiger partial charge in [0.2, 0.25) is 0 Å². The summed E-state index contributed by atoms with van der Waals surface area (Å²) in [6.07, 6.45) is 0. The largest absolute Gasteiger partial charge is 0.478 e. The molecule has 1 aliphatic rings. The van der Waals surface area contributed by atoms with Gasteiger partial charge in [-0.3, -0.25) is 0 Å². The van der Waals surface area contributed by atoms with Gasteiger partial charge in [-0.05, 0) is 32.0 Å². The molecular weight excluding hydrogens is 234 g/mol. The molecule has 0 amide bonds. The maximum Gasteiger partial charge on any atom is 0.335 e. The molecule has 18 heavy (non-hydrogen) atoms. The predicted molar refractivity (Wildman–Crippen MR) is 66.8 cm³/mol. The molecule has 5 heteroatoms. The second kappa shape index (κ2) is 4.96. The monoisotopic (exact) mass is 251 g/mol. The first kappa shape index (κ1) is 12.9. The summed E-state index contributed by atoms with van der Waals surface area (Å²) in [6.45, 7) is 4.80. The van der Waals surface area contributed by atoms with Crippen LogP contribution in [0.25, 0.3) is 0 Å². The van der Waals surface area contributed by atoms with Gasteiger partial charge in [0.15, 0.2) is 5.79 Å². The van der Waals surface area contributed by atoms with E-state index in [4.69, 9.17) is 14.6 Å². The summed E-state index contributed by atoms with van der Waals surface area (Å²) in [6, 6.07) is 6.72. The Morgan fingerprint density at radius 2 is 2.06 bits per heavy atom. The normalized spacial score (nSPS) is 19.4. The van der Waals surface area contributed by atoms with Gasteiger partial charge >= 0.3 is 5.97 Å². The Hall–Kier alpha value is -1.59. The Morgan fingerprint density at radius 1 is 1.39 bits per heavy atom. The highest BCUT2D eigenvalue weighted by atomic mass is 16.7. The van der Waals surface area contributed by atoms with Crippen LogP contribution in [0.3, 0.4) is 0 Å². The average Bonchev–Trinajstić information content (AvgIpc) is 2.32. The van der Waals surface area contributed by atoms with Gasteiger partial charge < -0.3 is 19.9 Å². The van der Waals surface area contributed by atoms with Gasteiger partial charge in [-0.2, -0.15) is 0 Å². The maximum atomic E-state index is 10.9. The van der Waals surface area contributed by atoms with Crippen LogP contribution in [0.2, 0.25) is 0 Å². The number of ether oxygens (including phenoxy) is 2. The van der Waals surface area contributed by atoms with Crippen LogP contribution in [0, 0.1) is 0 Å². The number of rotatable bonds is 3. The molecule has 0 atom stereocenters. The molecule has 98 valence electrons. The van der Waals surface area contributed by atoms with Gasteiger partial charge in [0.1, 0.15) is 0 Å². The van der Waals surface area contributed by atoms with E-state index in [0.717, 1.165) is 5.69 Å². The Bertz CT molecular complexity index is 434. The zero-order chi connectivity index (χ0) is 13.2. The molecule has 0 spiro atoms. The van der Waals surface area contributed by atoms with Crippen molar-refractivity contribution in [1.29, 1.82) is 0 Å². The lowest BCUT2D eigenvalue weighted by atomic mass is 10.2. The van der Waals surface area contributed by atoms with Crippen LogP contribution in [0.1, 0.15) is 24.2 Å². The second-order valence-electron chi connectivity index (χ2n) is 4.75. The Labute approximate surface area is 106 Å². The highest BCUT2D eigenvalue weighted by Crippen LogP contribution is 2.20. The number of carboxylic acid groups (broad SMARTS) is 1. The lowest BCUT2D eigenvalue weighted by Crippen LogP contribution is -2.45. The minimum Gasteiger partial charge on any atom is -0.478 e. The lowest BCUT2D eigenvalue weighted by Gasteiger charge is -2.35. The van der Waals surface area contributed by atoms with Crippen molar-refractivity contribution >= 4 is 11.7 Å². The fraction of sp³-hybridized carbons (Fsp3) is 0.462. The van der Waals surface area contributed by atoms with Crippen molar-refractivity contribution in [2.45, 2.75) is 25.7 Å². The SMILES string of the molecule is CC1(C)OCC(Nc2cccc(C(=O)O)c2)CO1. The zero-order valence-corrected chi connectivity index (χ0v) is 10.5. The van der Waals surface area contributed by atoms with Crippen molar-refractivity contribution in [3.63, 3.8) is 0 Å². The van der Waals surface area contributed by atoms with Crippen LogP contribution in [-0.4, -0.2) is 36.1 Å². The Kier molecular flexibility index (Phi) is 3.54. The number of hydrogen-bond donors (Lipinski definition) is 2. The maximum absolute atomic E-state index is 10.9. The summed E-state index contributed by atoms with van der Waals surface area (Å²) in [7, 11) is 0. The third kappa shape index (κ3) is 3.21. The Balaban J connectivity index is 1.98. The van der Waals surface area contributed by atoms with Crippen molar-refractivity contribution in [3.8, 4) is 0 Å². The van der Waals surface area contributed by atoms with Crippen LogP contribution in [0.4, 0.5) is 5.69 Å². The number of aromatic carboxylic acids is 1. The fourth-order valence-electron chi connectivity index (χ4n) is 1.75. The minimum absolute atomic E-state index is 0.0297. The zero-order valence-electron chi connectivity index (χ0n) is 10.5. The number of hydrogen-bond acceptors (Lipinski definition) is 4. The van der Waals surface area contributed by atoms with Crippen molar-refractivity contribution in [2.24, 2.45) is 0 Å². The molecule has 1 saturated heterocycles. The molecule has 0 aromatic heterocycles. The molecule has 1 heterocycles. The van der Waals surface area contributed by atoms with Gasteiger partial charge in [0, 0.05) is 5.69 Å². The number of carboxylic acids is 1. The van der Waals surface area contributed by atoms with Gasteiger partial charge in [0.05, 0.1) is 24.8 Å². The van der Waals surface area contributed by atoms with Gasteiger partial charge in [0.25, 0.3) is 0 Å². The second-order valence-corrected chi connectivity index (χ2v) is 4.75. The molecule has 5 nitrogen and oxygen atoms in total. The predicted octanol–water partition coefficient (Wildman–Crippen LogP) is 1.95. The van der Waals surface area contributed by atoms with Crippen molar-refractivity contribution in [2.75, 3.05) is 18.5 Å². The summed E-state index contributed by atoms with van der Waals surface area (Å²) < 4.78 is 11.1. The van der Waals surface area contributed by atoms with Gasteiger partial charge in [-0.25, -0.2) is 4.79 Å². The molecular formula is C13H17NO4. The van der Waals surface area contributed by atoms with Gasteiger partial charge in [-0.15, -0.1) is 0 Å². The molecule has 0 unspecified atom stereocenters. The van der Waals surface area contributed by atoms with Gasteiger partial charge in [-0.1, -0.05) is 6.07 Å². The fourth-order valence-corrected chi connectivity index (χ4v) is 1.75. The number of benzene rings is 1. The molecule has 1 aliphatic heterocycles. The van der Waals surface area contributed by atoms with E-state index in [-0.39, 0.29) is 11.6 Å². The van der Waals surface area contributed by atoms with Crippen LogP contribution in [0.5, 0.6) is 0 Å². The van der Waals surface area contributed by atoms with Crippen molar-refractivity contribution in [1.82, 2.24) is 0 Å². The quantitative estimate of drug-likeness (QED) is 0.859. The van der Waals surface area contributed by atoms with Crippen LogP contribution in [-0.2, 0) is 9.47 Å². The van der Waals surface area contributed by atoms with E-state index in [2.05, 4.69) is 5.32 Å². The topological polar surface area (TPSA) is 67.8 Å². The average molecular weight is 251 g/mol.